The molecule has 1 aliphatic rings. The summed E-state index contributed by atoms with van der Waals surface area (Å²) in [5, 5.41) is 9.21. The summed E-state index contributed by atoms with van der Waals surface area (Å²) >= 11 is 0. The summed E-state index contributed by atoms with van der Waals surface area (Å²) in [6.45, 7) is 2.58. The van der Waals surface area contributed by atoms with Crippen LogP contribution in [0.2, 0.25) is 0 Å². The lowest BCUT2D eigenvalue weighted by Crippen LogP contribution is -2.11. The quantitative estimate of drug-likeness (QED) is 0.744. The van der Waals surface area contributed by atoms with Crippen molar-refractivity contribution in [3.05, 3.63) is 31.1 Å². The first kappa shape index (κ1) is 14.6. The minimum atomic E-state index is 0.328. The molecule has 1 aromatic heterocycles. The minimum absolute atomic E-state index is 0.328. The molecule has 1 aromatic rings. The second-order valence-electron chi connectivity index (χ2n) is 6.01. The monoisotopic (exact) mass is 262 g/mol. The van der Waals surface area contributed by atoms with Crippen LogP contribution in [0.15, 0.2) is 24.5 Å². The highest BCUT2D eigenvalue weighted by Gasteiger charge is 2.16. The van der Waals surface area contributed by atoms with Crippen LogP contribution in [0.1, 0.15) is 57.8 Å². The Balaban J connectivity index is 1.68. The van der Waals surface area contributed by atoms with Crippen LogP contribution in [-0.2, 0) is 0 Å². The van der Waals surface area contributed by atoms with E-state index in [1.165, 1.54) is 44.9 Å². The lowest BCUT2D eigenvalue weighted by Gasteiger charge is -2.24. The van der Waals surface area contributed by atoms with Gasteiger partial charge in [-0.2, -0.15) is 0 Å². The summed E-state index contributed by atoms with van der Waals surface area (Å²) in [6, 6.07) is 4.11. The van der Waals surface area contributed by atoms with Crippen LogP contribution in [0.4, 0.5) is 0 Å². The molecule has 19 heavy (non-hydrogen) atoms. The smallest absolute Gasteiger partial charge is 0.0540 e. The van der Waals surface area contributed by atoms with Gasteiger partial charge in [-0.1, -0.05) is 44.9 Å². The van der Waals surface area contributed by atoms with Crippen molar-refractivity contribution >= 4 is 0 Å². The number of aliphatic hydroxyl groups is 1. The van der Waals surface area contributed by atoms with Crippen LogP contribution in [0, 0.1) is 18.4 Å². The van der Waals surface area contributed by atoms with E-state index in [1.54, 1.807) is 0 Å². The van der Waals surface area contributed by atoms with E-state index in [2.05, 4.69) is 35.6 Å². The average Bonchev–Trinajstić information content (AvgIpc) is 2.96. The molecular weight excluding hydrogens is 234 g/mol. The maximum absolute atomic E-state index is 9.21. The number of aromatic nitrogens is 1. The topological polar surface area (TPSA) is 25.2 Å². The molecule has 0 amide bonds. The average molecular weight is 262 g/mol. The van der Waals surface area contributed by atoms with E-state index in [4.69, 9.17) is 0 Å². The lowest BCUT2D eigenvalue weighted by molar-refractivity contribution is 0.235. The van der Waals surface area contributed by atoms with Crippen LogP contribution in [0.25, 0.3) is 0 Å². The number of hydrogen-bond donors (Lipinski definition) is 1. The molecule has 1 N–H and O–H groups in total. The standard InChI is InChI=1S/C17H28NO/c19-15-11-17(10-14-18-12-4-5-13-18)9-8-16-6-2-1-3-7-16/h4-5,12-14,16-17,19H,1-3,6-11,15H2. The highest BCUT2D eigenvalue weighted by molar-refractivity contribution is 4.94. The second kappa shape index (κ2) is 8.42. The summed E-state index contributed by atoms with van der Waals surface area (Å²) < 4.78 is 2.13. The normalized spacial score (nSPS) is 18.6. The third-order valence-corrected chi connectivity index (χ3v) is 4.52. The lowest BCUT2D eigenvalue weighted by atomic mass is 9.83. The van der Waals surface area contributed by atoms with Gasteiger partial charge in [-0.3, -0.25) is 0 Å². The Morgan fingerprint density at radius 3 is 2.53 bits per heavy atom. The van der Waals surface area contributed by atoms with Crippen LogP contribution >= 0.6 is 0 Å². The molecule has 107 valence electrons. The molecule has 1 atom stereocenters. The summed E-state index contributed by atoms with van der Waals surface area (Å²) in [5.41, 5.74) is 0. The molecule has 1 unspecified atom stereocenters. The molecule has 2 nitrogen and oxygen atoms in total. The zero-order chi connectivity index (χ0) is 13.3. The van der Waals surface area contributed by atoms with Gasteiger partial charge in [0.2, 0.25) is 0 Å². The molecule has 0 bridgehead atoms. The molecule has 1 aliphatic carbocycles. The van der Waals surface area contributed by atoms with Crippen molar-refractivity contribution in [1.82, 2.24) is 4.57 Å². The highest BCUT2D eigenvalue weighted by atomic mass is 16.3. The van der Waals surface area contributed by atoms with Gasteiger partial charge in [0.1, 0.15) is 0 Å². The molecule has 0 aromatic carbocycles. The highest BCUT2D eigenvalue weighted by Crippen LogP contribution is 2.30. The van der Waals surface area contributed by atoms with E-state index in [9.17, 15) is 5.11 Å². The Morgan fingerprint density at radius 1 is 1.11 bits per heavy atom. The third-order valence-electron chi connectivity index (χ3n) is 4.52. The Morgan fingerprint density at radius 2 is 1.84 bits per heavy atom. The second-order valence-corrected chi connectivity index (χ2v) is 6.01. The fraction of sp³-hybridized carbons (Fsp3) is 0.706. The molecule has 2 rings (SSSR count). The first-order valence-electron chi connectivity index (χ1n) is 7.95. The predicted octanol–water partition coefficient (Wildman–Crippen LogP) is 4.25. The number of aliphatic hydroxyl groups excluding tert-OH is 1. The van der Waals surface area contributed by atoms with Gasteiger partial charge in [-0.15, -0.1) is 0 Å². The van der Waals surface area contributed by atoms with Crippen molar-refractivity contribution in [2.24, 2.45) is 11.8 Å². The van der Waals surface area contributed by atoms with Gasteiger partial charge in [-0.05, 0) is 36.8 Å². The molecule has 1 radical (unpaired) electrons. The Kier molecular flexibility index (Phi) is 6.49. The van der Waals surface area contributed by atoms with Gasteiger partial charge in [-0.25, -0.2) is 0 Å². The van der Waals surface area contributed by atoms with Crippen LogP contribution < -0.4 is 0 Å². The molecule has 0 saturated heterocycles. The molecule has 0 spiro atoms. The largest absolute Gasteiger partial charge is 0.396 e. The van der Waals surface area contributed by atoms with Crippen LogP contribution in [0.5, 0.6) is 0 Å². The number of hydrogen-bond acceptors (Lipinski definition) is 1. The van der Waals surface area contributed by atoms with Gasteiger partial charge in [0.05, 0.1) is 6.54 Å². The van der Waals surface area contributed by atoms with Crippen molar-refractivity contribution < 1.29 is 5.11 Å². The van der Waals surface area contributed by atoms with Crippen molar-refractivity contribution in [2.45, 2.75) is 57.8 Å². The third kappa shape index (κ3) is 5.40. The Hall–Kier alpha value is -0.760. The van der Waals surface area contributed by atoms with Crippen LogP contribution in [0.3, 0.4) is 0 Å². The van der Waals surface area contributed by atoms with Gasteiger partial charge < -0.3 is 9.67 Å². The number of nitrogens with zero attached hydrogens (tertiary/aromatic N) is 1. The molecule has 1 fully saturated rings. The van der Waals surface area contributed by atoms with Gasteiger partial charge in [0.15, 0.2) is 0 Å². The summed E-state index contributed by atoms with van der Waals surface area (Å²) in [7, 11) is 0. The van der Waals surface area contributed by atoms with Gasteiger partial charge in [0, 0.05) is 19.0 Å². The van der Waals surface area contributed by atoms with Crippen molar-refractivity contribution in [1.29, 1.82) is 0 Å². The Labute approximate surface area is 117 Å². The first-order chi connectivity index (χ1) is 9.38. The van der Waals surface area contributed by atoms with E-state index < -0.39 is 0 Å². The fourth-order valence-electron chi connectivity index (χ4n) is 3.25. The van der Waals surface area contributed by atoms with Crippen molar-refractivity contribution in [2.75, 3.05) is 6.61 Å². The maximum atomic E-state index is 9.21. The van der Waals surface area contributed by atoms with Crippen LogP contribution in [-0.4, -0.2) is 16.3 Å². The minimum Gasteiger partial charge on any atom is -0.396 e. The molecule has 2 heteroatoms. The summed E-state index contributed by atoms with van der Waals surface area (Å²) in [5.74, 6) is 1.61. The zero-order valence-electron chi connectivity index (χ0n) is 12.0. The summed E-state index contributed by atoms with van der Waals surface area (Å²) in [6.07, 6.45) is 16.0. The maximum Gasteiger partial charge on any atom is 0.0540 e. The molecule has 1 saturated carbocycles. The zero-order valence-corrected chi connectivity index (χ0v) is 12.0. The first-order valence-corrected chi connectivity index (χ1v) is 7.95. The van der Waals surface area contributed by atoms with Gasteiger partial charge >= 0.3 is 0 Å². The van der Waals surface area contributed by atoms with Crippen molar-refractivity contribution in [3.63, 3.8) is 0 Å². The fourth-order valence-corrected chi connectivity index (χ4v) is 3.25. The van der Waals surface area contributed by atoms with E-state index in [1.807, 2.05) is 0 Å². The Bertz CT molecular complexity index is 314. The predicted molar refractivity (Wildman–Crippen MR) is 79.7 cm³/mol. The van der Waals surface area contributed by atoms with Gasteiger partial charge in [0.25, 0.3) is 0 Å². The molecular formula is C17H28NO. The van der Waals surface area contributed by atoms with E-state index in [-0.39, 0.29) is 0 Å². The van der Waals surface area contributed by atoms with E-state index in [0.717, 1.165) is 18.8 Å². The molecule has 1 heterocycles. The van der Waals surface area contributed by atoms with Crippen molar-refractivity contribution in [3.8, 4) is 0 Å². The summed E-state index contributed by atoms with van der Waals surface area (Å²) in [4.78, 5) is 0. The molecule has 0 aliphatic heterocycles. The van der Waals surface area contributed by atoms with E-state index >= 15 is 0 Å². The SMILES string of the molecule is OCCC(C[CH]n1cccc1)CCC1CCCCC1. The van der Waals surface area contributed by atoms with E-state index in [0.29, 0.717) is 12.5 Å². The number of rotatable bonds is 8.